The molecule has 0 aliphatic rings. The van der Waals surface area contributed by atoms with Crippen LogP contribution in [0.25, 0.3) is 16.9 Å². The minimum Gasteiger partial charge on any atom is -0.485 e. The van der Waals surface area contributed by atoms with Crippen molar-refractivity contribution in [3.8, 4) is 11.4 Å². The lowest BCUT2D eigenvalue weighted by atomic mass is 10.3. The van der Waals surface area contributed by atoms with Gasteiger partial charge in [-0.3, -0.25) is 10.2 Å². The van der Waals surface area contributed by atoms with Crippen molar-refractivity contribution in [3.05, 3.63) is 77.6 Å². The van der Waals surface area contributed by atoms with Gasteiger partial charge in [0, 0.05) is 13.0 Å². The van der Waals surface area contributed by atoms with Crippen molar-refractivity contribution in [1.29, 1.82) is 0 Å². The van der Waals surface area contributed by atoms with Gasteiger partial charge in [0.15, 0.2) is 22.7 Å². The van der Waals surface area contributed by atoms with E-state index in [1.165, 1.54) is 41.2 Å². The topological polar surface area (TPSA) is 199 Å². The van der Waals surface area contributed by atoms with Crippen molar-refractivity contribution in [2.75, 3.05) is 11.2 Å². The van der Waals surface area contributed by atoms with E-state index < -0.39 is 23.3 Å². The number of nitrogen functional groups attached to an aromatic ring is 1. The number of carbonyl (C=O) groups is 2. The lowest BCUT2D eigenvalue weighted by Crippen LogP contribution is -2.22. The van der Waals surface area contributed by atoms with Gasteiger partial charge in [-0.25, -0.2) is 23.7 Å². The fourth-order valence-electron chi connectivity index (χ4n) is 3.24. The number of nitrogens with zero attached hydrogens (tertiary/aromatic N) is 7. The molecule has 16 heteroatoms. The molecule has 0 aliphatic heterocycles. The third kappa shape index (κ3) is 7.20. The Morgan fingerprint density at radius 2 is 1.76 bits per heavy atom. The van der Waals surface area contributed by atoms with Crippen LogP contribution in [0.1, 0.15) is 18.3 Å². The highest BCUT2D eigenvalue weighted by molar-refractivity contribution is 6.63. The number of rotatable bonds is 8. The van der Waals surface area contributed by atoms with Crippen LogP contribution in [0.5, 0.6) is 5.75 Å². The number of ether oxygens (including phenoxy) is 1. The Balaban J connectivity index is 0.000000210. The number of aryl methyl sites for hydroxylation is 1. The minimum absolute atomic E-state index is 0.165. The maximum Gasteiger partial charge on any atom is 0.360 e. The predicted octanol–water partition coefficient (Wildman–Crippen LogP) is 2.81. The van der Waals surface area contributed by atoms with E-state index in [9.17, 15) is 18.4 Å². The second-order valence-electron chi connectivity index (χ2n) is 8.28. The molecule has 0 amide bonds. The van der Waals surface area contributed by atoms with Gasteiger partial charge < -0.3 is 15.6 Å². The molecule has 41 heavy (non-hydrogen) atoms. The maximum absolute atomic E-state index is 13.0. The summed E-state index contributed by atoms with van der Waals surface area (Å²) in [6.07, 6.45) is 0. The van der Waals surface area contributed by atoms with Crippen molar-refractivity contribution in [3.63, 3.8) is 0 Å². The second kappa shape index (κ2) is 12.4. The van der Waals surface area contributed by atoms with Gasteiger partial charge in [-0.2, -0.15) is 15.0 Å². The predicted molar refractivity (Wildman–Crippen MR) is 142 cm³/mol. The average molecular weight is 565 g/mol. The van der Waals surface area contributed by atoms with E-state index in [1.54, 1.807) is 18.2 Å². The monoisotopic (exact) mass is 564 g/mol. The molecule has 3 aromatic heterocycles. The highest BCUT2D eigenvalue weighted by Crippen LogP contribution is 2.24. The van der Waals surface area contributed by atoms with E-state index in [2.05, 4.69) is 41.1 Å². The number of anilines is 2. The molecule has 0 radical (unpaired) electrons. The smallest absolute Gasteiger partial charge is 0.360 e. The Kier molecular flexibility index (Phi) is 8.51. The fraction of sp³-hybridized carbons (Fsp3) is 0.120. The van der Waals surface area contributed by atoms with Gasteiger partial charge in [-0.1, -0.05) is 5.21 Å². The van der Waals surface area contributed by atoms with Gasteiger partial charge in [0.25, 0.3) is 0 Å². The summed E-state index contributed by atoms with van der Waals surface area (Å²) in [5.41, 5.74) is 10.8. The Morgan fingerprint density at radius 1 is 1.10 bits per heavy atom. The lowest BCUT2D eigenvalue weighted by Gasteiger charge is -2.05. The first kappa shape index (κ1) is 28.2. The Labute approximate surface area is 229 Å². The molecule has 0 spiro atoms. The van der Waals surface area contributed by atoms with Gasteiger partial charge in [0.2, 0.25) is 5.71 Å². The van der Waals surface area contributed by atoms with E-state index in [-0.39, 0.29) is 12.4 Å². The Bertz CT molecular complexity index is 1700. The summed E-state index contributed by atoms with van der Waals surface area (Å²) >= 11 is 0. The number of hydrogen-bond acceptors (Lipinski definition) is 11. The molecular weight excluding hydrogens is 542 g/mol. The van der Waals surface area contributed by atoms with Crippen molar-refractivity contribution >= 4 is 40.1 Å². The summed E-state index contributed by atoms with van der Waals surface area (Å²) in [5.74, 6) is -2.07. The molecule has 14 nitrogen and oxygen atoms in total. The number of nitrogens with one attached hydrogen (secondary N) is 2. The van der Waals surface area contributed by atoms with E-state index in [4.69, 9.17) is 15.6 Å². The number of nitrogens with two attached hydrogens (primary N) is 1. The number of halogens is 2. The van der Waals surface area contributed by atoms with Crippen LogP contribution >= 0.6 is 0 Å². The zero-order chi connectivity index (χ0) is 29.5. The number of hydrogen-bond donors (Lipinski definition) is 4. The van der Waals surface area contributed by atoms with Crippen LogP contribution in [0.4, 0.5) is 20.3 Å². The van der Waals surface area contributed by atoms with Crippen molar-refractivity contribution in [2.24, 2.45) is 5.10 Å². The highest BCUT2D eigenvalue weighted by atomic mass is 19.1. The third-order valence-corrected chi connectivity index (χ3v) is 5.26. The number of hydrazone groups is 1. The molecule has 5 N–H and O–H groups in total. The summed E-state index contributed by atoms with van der Waals surface area (Å²) in [6, 6.07) is 12.6. The minimum atomic E-state index is -1.41. The zero-order valence-corrected chi connectivity index (χ0v) is 21.5. The number of ketones is 1. The number of Topliss-reactive ketones (excluding diaryl/α,β-unsaturated/α-hetero) is 1. The van der Waals surface area contributed by atoms with Gasteiger partial charge in [0.1, 0.15) is 29.8 Å². The first-order valence-corrected chi connectivity index (χ1v) is 11.7. The van der Waals surface area contributed by atoms with E-state index in [0.717, 1.165) is 6.92 Å². The number of aromatic amines is 1. The molecule has 0 aliphatic carbocycles. The van der Waals surface area contributed by atoms with E-state index >= 15 is 0 Å². The largest absolute Gasteiger partial charge is 0.485 e. The summed E-state index contributed by atoms with van der Waals surface area (Å²) < 4.78 is 31.3. The molecule has 5 aromatic rings. The molecule has 5 rings (SSSR count). The van der Waals surface area contributed by atoms with Crippen LogP contribution < -0.4 is 15.9 Å². The molecule has 0 saturated heterocycles. The van der Waals surface area contributed by atoms with Crippen LogP contribution in [0.15, 0.2) is 59.7 Å². The van der Waals surface area contributed by atoms with Gasteiger partial charge in [-0.05, 0) is 55.5 Å². The first-order valence-electron chi connectivity index (χ1n) is 11.7. The van der Waals surface area contributed by atoms with Crippen LogP contribution in [-0.2, 0) is 16.2 Å². The van der Waals surface area contributed by atoms with Gasteiger partial charge >= 0.3 is 5.97 Å². The standard InChI is InChI=1S/C15H13FN8O.C10H9FN2O3/c1-8-11(22-24(21-8)10-4-2-9(16)3-5-10)7-25-12-6-13(17)18-15-14(12)19-23-20-15;1-6(14)9(10(15)16)13-12-8-4-2-7(11)3-5-8/h2-6H,7H2,1H3,(H3,17,18,19,20,23);2-5,12H,1H3,(H,15,16). The number of aliphatic carboxylic acids is 1. The summed E-state index contributed by atoms with van der Waals surface area (Å²) in [5, 5.41) is 31.0. The van der Waals surface area contributed by atoms with Crippen molar-refractivity contribution in [2.45, 2.75) is 20.5 Å². The molecule has 0 fully saturated rings. The molecular formula is C25H22F2N10O4. The Hall–Kier alpha value is -5.80. The quantitative estimate of drug-likeness (QED) is 0.123. The molecule has 0 unspecified atom stereocenters. The molecule has 3 heterocycles. The molecule has 2 aromatic carbocycles. The van der Waals surface area contributed by atoms with Crippen LogP contribution in [0, 0.1) is 18.6 Å². The molecule has 0 atom stereocenters. The maximum atomic E-state index is 13.0. The number of carboxylic acid groups (broad SMARTS) is 1. The number of pyridine rings is 1. The second-order valence-corrected chi connectivity index (χ2v) is 8.28. The van der Waals surface area contributed by atoms with E-state index in [0.29, 0.717) is 45.5 Å². The number of benzene rings is 2. The summed E-state index contributed by atoms with van der Waals surface area (Å²) in [4.78, 5) is 26.9. The SMILES string of the molecule is CC(=O)C(=NNc1ccc(F)cc1)C(=O)O.Cc1nn(-c2ccc(F)cc2)nc1COc1cc(N)nc2[nH]nnc12. The zero-order valence-electron chi connectivity index (χ0n) is 21.5. The molecule has 0 saturated carbocycles. The van der Waals surface area contributed by atoms with Gasteiger partial charge in [0.05, 0.1) is 17.1 Å². The number of aromatic nitrogens is 7. The molecule has 210 valence electrons. The number of H-pyrrole nitrogens is 1. The lowest BCUT2D eigenvalue weighted by molar-refractivity contribution is -0.130. The fourth-order valence-corrected chi connectivity index (χ4v) is 3.24. The number of fused-ring (bicyclic) bond motifs is 1. The van der Waals surface area contributed by atoms with Crippen LogP contribution in [0.3, 0.4) is 0 Å². The molecule has 0 bridgehead atoms. The van der Waals surface area contributed by atoms with Crippen molar-refractivity contribution in [1.82, 2.24) is 35.4 Å². The Morgan fingerprint density at radius 3 is 2.39 bits per heavy atom. The average Bonchev–Trinajstić information content (AvgIpc) is 3.55. The summed E-state index contributed by atoms with van der Waals surface area (Å²) in [7, 11) is 0. The number of carboxylic acids is 1. The first-order chi connectivity index (χ1) is 19.6. The van der Waals surface area contributed by atoms with E-state index in [1.807, 2.05) is 6.92 Å². The number of carbonyl (C=O) groups excluding carboxylic acids is 1. The van der Waals surface area contributed by atoms with Crippen molar-refractivity contribution < 1.29 is 28.2 Å². The normalized spacial score (nSPS) is 11.1. The van der Waals surface area contributed by atoms with Gasteiger partial charge in [-0.15, -0.1) is 10.2 Å². The van der Waals surface area contributed by atoms with Crippen LogP contribution in [0.2, 0.25) is 0 Å². The van der Waals surface area contributed by atoms with Crippen LogP contribution in [-0.4, -0.2) is 58.0 Å². The third-order valence-electron chi connectivity index (χ3n) is 5.26. The highest BCUT2D eigenvalue weighted by Gasteiger charge is 2.15. The summed E-state index contributed by atoms with van der Waals surface area (Å²) in [6.45, 7) is 3.08.